The molecule has 0 amide bonds. The van der Waals surface area contributed by atoms with Gasteiger partial charge in [0.15, 0.2) is 0 Å². The number of likely N-dealkylation sites (tertiary alicyclic amines) is 1. The first-order valence-corrected chi connectivity index (χ1v) is 8.89. The summed E-state index contributed by atoms with van der Waals surface area (Å²) in [6.45, 7) is 6.83. The van der Waals surface area contributed by atoms with Crippen LogP contribution in [0.2, 0.25) is 0 Å². The number of ether oxygens (including phenoxy) is 2. The van der Waals surface area contributed by atoms with Gasteiger partial charge < -0.3 is 14.6 Å². The van der Waals surface area contributed by atoms with Gasteiger partial charge in [0.2, 0.25) is 0 Å². The van der Waals surface area contributed by atoms with Crippen molar-refractivity contribution in [2.24, 2.45) is 7.05 Å². The van der Waals surface area contributed by atoms with E-state index in [0.29, 0.717) is 6.10 Å². The second kappa shape index (κ2) is 9.03. The minimum absolute atomic E-state index is 0.0886. The number of halogens is 3. The lowest BCUT2D eigenvalue weighted by molar-refractivity contribution is -0.192. The molecule has 10 heteroatoms. The van der Waals surface area contributed by atoms with Crippen LogP contribution < -0.4 is 0 Å². The van der Waals surface area contributed by atoms with Gasteiger partial charge in [-0.15, -0.1) is 0 Å². The number of hydrogen-bond acceptors (Lipinski definition) is 5. The fraction of sp³-hybridized carbons (Fsp3) is 0.765. The molecule has 27 heavy (non-hydrogen) atoms. The molecule has 1 aromatic rings. The number of aryl methyl sites for hydroxylation is 1. The Hall–Kier alpha value is -1.65. The summed E-state index contributed by atoms with van der Waals surface area (Å²) in [6, 6.07) is 0. The lowest BCUT2D eigenvalue weighted by Crippen LogP contribution is -2.43. The molecule has 0 radical (unpaired) electrons. The summed E-state index contributed by atoms with van der Waals surface area (Å²) in [5.41, 5.74) is 1.38. The molecule has 0 saturated carbocycles. The molecule has 0 bridgehead atoms. The molecule has 2 fully saturated rings. The van der Waals surface area contributed by atoms with Crippen LogP contribution in [0, 0.1) is 0 Å². The number of nitrogens with zero attached hydrogens (tertiary/aromatic N) is 3. The number of carboxylic acids is 1. The van der Waals surface area contributed by atoms with Crippen molar-refractivity contribution in [1.82, 2.24) is 14.7 Å². The van der Waals surface area contributed by atoms with Gasteiger partial charge >= 0.3 is 12.1 Å². The standard InChI is InChI=1S/C15H25N3O2.C2HF3O2/c1-3-19-14-8-15(20-12-14)4-6-18(7-5-15)11-13-9-16-17(2)10-13;3-2(4,5)1(6)7/h9-10,14H,3-8,11-12H2,1-2H3;(H,6,7). The highest BCUT2D eigenvalue weighted by atomic mass is 19.4. The van der Waals surface area contributed by atoms with Crippen molar-refractivity contribution in [1.29, 1.82) is 0 Å². The Bertz CT molecular complexity index is 613. The first kappa shape index (κ1) is 21.6. The second-order valence-corrected chi connectivity index (χ2v) is 6.88. The predicted molar refractivity (Wildman–Crippen MR) is 90.1 cm³/mol. The van der Waals surface area contributed by atoms with E-state index in [2.05, 4.69) is 23.1 Å². The summed E-state index contributed by atoms with van der Waals surface area (Å²) in [5.74, 6) is -2.76. The number of carbonyl (C=O) groups is 1. The van der Waals surface area contributed by atoms with Crippen LogP contribution in [0.5, 0.6) is 0 Å². The molecule has 1 spiro atoms. The van der Waals surface area contributed by atoms with Gasteiger partial charge in [-0.1, -0.05) is 0 Å². The van der Waals surface area contributed by atoms with Crippen LogP contribution in [0.4, 0.5) is 13.2 Å². The molecule has 0 aliphatic carbocycles. The van der Waals surface area contributed by atoms with Gasteiger partial charge in [-0.05, 0) is 19.8 Å². The Kier molecular flexibility index (Phi) is 7.24. The third kappa shape index (κ3) is 6.47. The first-order valence-electron chi connectivity index (χ1n) is 8.89. The van der Waals surface area contributed by atoms with Crippen molar-refractivity contribution in [2.75, 3.05) is 26.3 Å². The van der Waals surface area contributed by atoms with E-state index in [1.807, 2.05) is 17.9 Å². The zero-order chi connectivity index (χ0) is 20.1. The van der Waals surface area contributed by atoms with E-state index in [1.54, 1.807) is 0 Å². The van der Waals surface area contributed by atoms with Crippen LogP contribution in [0.15, 0.2) is 12.4 Å². The molecule has 2 aliphatic rings. The molecule has 2 saturated heterocycles. The van der Waals surface area contributed by atoms with Crippen LogP contribution in [-0.4, -0.2) is 69.9 Å². The van der Waals surface area contributed by atoms with Crippen LogP contribution in [0.1, 0.15) is 31.7 Å². The number of aliphatic carboxylic acids is 1. The van der Waals surface area contributed by atoms with Gasteiger partial charge in [0, 0.05) is 51.5 Å². The summed E-state index contributed by atoms with van der Waals surface area (Å²) in [7, 11) is 1.97. The largest absolute Gasteiger partial charge is 0.490 e. The maximum atomic E-state index is 10.6. The van der Waals surface area contributed by atoms with Gasteiger partial charge in [0.05, 0.1) is 24.5 Å². The SMILES string of the molecule is CCOC1COC2(CCN(Cc3cnn(C)c3)CC2)C1.O=C(O)C(F)(F)F. The number of piperidine rings is 1. The van der Waals surface area contributed by atoms with E-state index < -0.39 is 12.1 Å². The van der Waals surface area contributed by atoms with Gasteiger partial charge in [-0.25, -0.2) is 4.79 Å². The lowest BCUT2D eigenvalue weighted by Gasteiger charge is -2.38. The Labute approximate surface area is 156 Å². The highest BCUT2D eigenvalue weighted by Gasteiger charge is 2.43. The molecule has 154 valence electrons. The van der Waals surface area contributed by atoms with E-state index in [9.17, 15) is 13.2 Å². The second-order valence-electron chi connectivity index (χ2n) is 6.88. The molecular weight excluding hydrogens is 367 g/mol. The number of alkyl halides is 3. The molecule has 0 aromatic carbocycles. The monoisotopic (exact) mass is 393 g/mol. The van der Waals surface area contributed by atoms with Crippen LogP contribution >= 0.6 is 0 Å². The number of hydrogen-bond donors (Lipinski definition) is 1. The zero-order valence-corrected chi connectivity index (χ0v) is 15.5. The van der Waals surface area contributed by atoms with Crippen molar-refractivity contribution >= 4 is 5.97 Å². The third-order valence-corrected chi connectivity index (χ3v) is 4.75. The minimum atomic E-state index is -5.08. The molecule has 7 nitrogen and oxygen atoms in total. The average Bonchev–Trinajstić information content (AvgIpc) is 3.17. The Morgan fingerprint density at radius 3 is 2.56 bits per heavy atom. The summed E-state index contributed by atoms with van der Waals surface area (Å²) >= 11 is 0. The highest BCUT2D eigenvalue weighted by molar-refractivity contribution is 5.73. The van der Waals surface area contributed by atoms with E-state index in [-0.39, 0.29) is 5.60 Å². The fourth-order valence-corrected chi connectivity index (χ4v) is 3.42. The normalized spacial score (nSPS) is 22.5. The van der Waals surface area contributed by atoms with Crippen LogP contribution in [0.3, 0.4) is 0 Å². The van der Waals surface area contributed by atoms with E-state index in [1.165, 1.54) is 5.56 Å². The Morgan fingerprint density at radius 1 is 1.44 bits per heavy atom. The number of carboxylic acid groups (broad SMARTS) is 1. The summed E-state index contributed by atoms with van der Waals surface area (Å²) in [4.78, 5) is 11.4. The predicted octanol–water partition coefficient (Wildman–Crippen LogP) is 2.21. The van der Waals surface area contributed by atoms with Gasteiger partial charge in [0.25, 0.3) is 0 Å². The quantitative estimate of drug-likeness (QED) is 0.845. The van der Waals surface area contributed by atoms with E-state index in [4.69, 9.17) is 19.4 Å². The number of aromatic nitrogens is 2. The summed E-state index contributed by atoms with van der Waals surface area (Å²) in [5, 5.41) is 11.4. The van der Waals surface area contributed by atoms with Crippen molar-refractivity contribution in [3.63, 3.8) is 0 Å². The molecule has 1 unspecified atom stereocenters. The maximum Gasteiger partial charge on any atom is 0.490 e. The first-order chi connectivity index (χ1) is 12.6. The molecular formula is C17H26F3N3O4. The van der Waals surface area contributed by atoms with Crippen molar-refractivity contribution < 1.29 is 32.5 Å². The van der Waals surface area contributed by atoms with Crippen LogP contribution in [0.25, 0.3) is 0 Å². The number of rotatable bonds is 4. The third-order valence-electron chi connectivity index (χ3n) is 4.75. The highest BCUT2D eigenvalue weighted by Crippen LogP contribution is 2.37. The topological polar surface area (TPSA) is 76.8 Å². The zero-order valence-electron chi connectivity index (χ0n) is 15.5. The molecule has 1 atom stereocenters. The fourth-order valence-electron chi connectivity index (χ4n) is 3.42. The van der Waals surface area contributed by atoms with Gasteiger partial charge in [-0.3, -0.25) is 9.58 Å². The van der Waals surface area contributed by atoms with E-state index >= 15 is 0 Å². The minimum Gasteiger partial charge on any atom is -0.475 e. The van der Waals surface area contributed by atoms with Crippen molar-refractivity contribution in [3.8, 4) is 0 Å². The molecule has 3 heterocycles. The Morgan fingerprint density at radius 2 is 2.07 bits per heavy atom. The molecule has 2 aliphatic heterocycles. The molecule has 3 rings (SSSR count). The van der Waals surface area contributed by atoms with Crippen molar-refractivity contribution in [3.05, 3.63) is 18.0 Å². The smallest absolute Gasteiger partial charge is 0.475 e. The van der Waals surface area contributed by atoms with Gasteiger partial charge in [0.1, 0.15) is 0 Å². The lowest BCUT2D eigenvalue weighted by atomic mass is 9.88. The maximum absolute atomic E-state index is 10.6. The van der Waals surface area contributed by atoms with Gasteiger partial charge in [-0.2, -0.15) is 18.3 Å². The summed E-state index contributed by atoms with van der Waals surface area (Å²) < 4.78 is 45.4. The van der Waals surface area contributed by atoms with Crippen LogP contribution in [-0.2, 0) is 27.9 Å². The van der Waals surface area contributed by atoms with E-state index in [0.717, 1.165) is 52.1 Å². The van der Waals surface area contributed by atoms with Crippen molar-refractivity contribution in [2.45, 2.75) is 50.6 Å². The Balaban J connectivity index is 0.000000321. The molecule has 1 N–H and O–H groups in total. The molecule has 1 aromatic heterocycles. The average molecular weight is 393 g/mol. The summed E-state index contributed by atoms with van der Waals surface area (Å²) in [6.07, 6.45) is 2.60.